The van der Waals surface area contributed by atoms with Crippen molar-refractivity contribution in [2.75, 3.05) is 6.26 Å². The summed E-state index contributed by atoms with van der Waals surface area (Å²) in [5.74, 6) is -0.932. The lowest BCUT2D eigenvalue weighted by Crippen LogP contribution is -2.35. The molecular formula is C31H33F2N5OS. The number of allylic oxidation sites excluding steroid dienone is 1. The lowest BCUT2D eigenvalue weighted by molar-refractivity contribution is -0.127. The zero-order valence-corrected chi connectivity index (χ0v) is 23.7. The molecule has 0 saturated heterocycles. The summed E-state index contributed by atoms with van der Waals surface area (Å²) in [5, 5.41) is 2.94. The van der Waals surface area contributed by atoms with Gasteiger partial charge in [-0.1, -0.05) is 48.5 Å². The molecular weight excluding hydrogens is 528 g/mol. The van der Waals surface area contributed by atoms with Crippen molar-refractivity contribution >= 4 is 23.4 Å². The standard InChI is InChI=1S/C31H33F2N5OS/c1-19(2)28(38-30(39)24-12-14-31(32,33)15-13-24)29-35-17-26(37-29)23-10-6-21(7-11-23)20-4-8-22(9-5-20)25-16-34-27(36-25)18-40-3/h4-11,16-17,24H,12-15,18H2,1-3H3,(H,34,36)(H,35,37)(H,38,39). The van der Waals surface area contributed by atoms with Crippen LogP contribution in [0.2, 0.25) is 0 Å². The lowest BCUT2D eigenvalue weighted by atomic mass is 9.86. The van der Waals surface area contributed by atoms with Gasteiger partial charge in [0.25, 0.3) is 0 Å². The highest BCUT2D eigenvalue weighted by Gasteiger charge is 2.37. The average molecular weight is 562 g/mol. The largest absolute Gasteiger partial charge is 0.341 e. The van der Waals surface area contributed by atoms with Crippen molar-refractivity contribution in [1.82, 2.24) is 25.3 Å². The molecule has 3 N–H and O–H groups in total. The molecule has 1 aliphatic carbocycles. The zero-order valence-electron chi connectivity index (χ0n) is 22.9. The maximum absolute atomic E-state index is 13.5. The molecule has 1 amide bonds. The predicted octanol–water partition coefficient (Wildman–Crippen LogP) is 7.69. The Bertz CT molecular complexity index is 1490. The van der Waals surface area contributed by atoms with Gasteiger partial charge in [-0.05, 0) is 60.8 Å². The van der Waals surface area contributed by atoms with Gasteiger partial charge < -0.3 is 15.3 Å². The maximum Gasteiger partial charge on any atom is 0.248 e. The summed E-state index contributed by atoms with van der Waals surface area (Å²) >= 11 is 1.73. The van der Waals surface area contributed by atoms with Crippen LogP contribution in [0.15, 0.2) is 66.5 Å². The number of nitrogens with zero attached hydrogens (tertiary/aromatic N) is 2. The first kappa shape index (κ1) is 27.8. The number of nitrogens with one attached hydrogen (secondary N) is 3. The SMILES string of the molecule is CSCc1ncc(-c2ccc(-c3ccc(-c4cnc(C(NC(=O)C5CCC(F)(F)CC5)=C(C)C)[nH]4)cc3)cc2)[nH]1. The van der Waals surface area contributed by atoms with E-state index in [2.05, 4.69) is 67.9 Å². The number of hydrogen-bond acceptors (Lipinski definition) is 4. The lowest BCUT2D eigenvalue weighted by Gasteiger charge is -2.27. The Kier molecular flexibility index (Phi) is 8.21. The maximum atomic E-state index is 13.5. The minimum absolute atomic E-state index is 0.190. The quantitative estimate of drug-likeness (QED) is 0.206. The van der Waals surface area contributed by atoms with Crippen LogP contribution < -0.4 is 5.32 Å². The Morgan fingerprint density at radius 1 is 0.900 bits per heavy atom. The summed E-state index contributed by atoms with van der Waals surface area (Å²) in [4.78, 5) is 28.5. The smallest absolute Gasteiger partial charge is 0.248 e. The summed E-state index contributed by atoms with van der Waals surface area (Å²) in [5.41, 5.74) is 7.56. The molecule has 4 aromatic rings. The van der Waals surface area contributed by atoms with E-state index in [0.29, 0.717) is 11.5 Å². The number of amides is 1. The van der Waals surface area contributed by atoms with Crippen molar-refractivity contribution < 1.29 is 13.6 Å². The first-order valence-electron chi connectivity index (χ1n) is 13.4. The Balaban J connectivity index is 1.26. The van der Waals surface area contributed by atoms with Crippen LogP contribution in [0.25, 0.3) is 39.3 Å². The van der Waals surface area contributed by atoms with Crippen LogP contribution >= 0.6 is 11.8 Å². The number of imidazole rings is 2. The van der Waals surface area contributed by atoms with Gasteiger partial charge in [0.15, 0.2) is 5.82 Å². The number of rotatable bonds is 8. The second kappa shape index (κ2) is 11.8. The van der Waals surface area contributed by atoms with Gasteiger partial charge in [0.2, 0.25) is 11.8 Å². The monoisotopic (exact) mass is 561 g/mol. The summed E-state index contributed by atoms with van der Waals surface area (Å²) in [6, 6.07) is 16.6. The molecule has 9 heteroatoms. The van der Waals surface area contributed by atoms with Crippen molar-refractivity contribution in [3.63, 3.8) is 0 Å². The Morgan fingerprint density at radius 3 is 1.98 bits per heavy atom. The van der Waals surface area contributed by atoms with E-state index in [-0.39, 0.29) is 31.6 Å². The van der Waals surface area contributed by atoms with Crippen LogP contribution in [-0.2, 0) is 10.5 Å². The topological polar surface area (TPSA) is 86.5 Å². The highest BCUT2D eigenvalue weighted by atomic mass is 32.2. The molecule has 2 aromatic heterocycles. The van der Waals surface area contributed by atoms with Gasteiger partial charge in [-0.2, -0.15) is 11.8 Å². The fourth-order valence-electron chi connectivity index (χ4n) is 4.95. The minimum Gasteiger partial charge on any atom is -0.341 e. The first-order valence-corrected chi connectivity index (χ1v) is 14.8. The Morgan fingerprint density at radius 2 is 1.43 bits per heavy atom. The molecule has 1 fully saturated rings. The van der Waals surface area contributed by atoms with E-state index in [1.54, 1.807) is 18.0 Å². The number of H-pyrrole nitrogens is 2. The van der Waals surface area contributed by atoms with Crippen LogP contribution in [0.1, 0.15) is 51.2 Å². The molecule has 6 nitrogen and oxygen atoms in total. The second-order valence-corrected chi connectivity index (χ2v) is 11.3. The van der Waals surface area contributed by atoms with Gasteiger partial charge in [0.1, 0.15) is 5.82 Å². The van der Waals surface area contributed by atoms with E-state index in [9.17, 15) is 13.6 Å². The normalized spacial score (nSPS) is 15.1. The molecule has 0 atom stereocenters. The van der Waals surface area contributed by atoms with Crippen LogP contribution in [0.3, 0.4) is 0 Å². The molecule has 0 radical (unpaired) electrons. The number of hydrogen-bond donors (Lipinski definition) is 3. The van der Waals surface area contributed by atoms with Crippen molar-refractivity contribution in [2.24, 2.45) is 5.92 Å². The molecule has 1 saturated carbocycles. The highest BCUT2D eigenvalue weighted by molar-refractivity contribution is 7.97. The zero-order chi connectivity index (χ0) is 28.3. The number of carbonyl (C=O) groups is 1. The van der Waals surface area contributed by atoms with Crippen LogP contribution in [0.4, 0.5) is 8.78 Å². The van der Waals surface area contributed by atoms with Gasteiger partial charge in [-0.3, -0.25) is 4.79 Å². The van der Waals surface area contributed by atoms with E-state index in [1.165, 1.54) is 0 Å². The van der Waals surface area contributed by atoms with Crippen LogP contribution in [0, 0.1) is 5.92 Å². The van der Waals surface area contributed by atoms with E-state index in [4.69, 9.17) is 0 Å². The number of benzene rings is 2. The molecule has 0 spiro atoms. The number of alkyl halides is 2. The molecule has 0 bridgehead atoms. The van der Waals surface area contributed by atoms with E-state index in [0.717, 1.165) is 50.8 Å². The van der Waals surface area contributed by atoms with E-state index < -0.39 is 11.8 Å². The molecule has 0 unspecified atom stereocenters. The first-order chi connectivity index (χ1) is 19.2. The molecule has 5 rings (SSSR count). The third kappa shape index (κ3) is 6.36. The molecule has 2 aromatic carbocycles. The third-order valence-corrected chi connectivity index (χ3v) is 7.85. The summed E-state index contributed by atoms with van der Waals surface area (Å²) < 4.78 is 27.1. The molecule has 1 aliphatic rings. The molecule has 0 aliphatic heterocycles. The number of aromatic nitrogens is 4. The van der Waals surface area contributed by atoms with Gasteiger partial charge in [0.05, 0.1) is 35.2 Å². The highest BCUT2D eigenvalue weighted by Crippen LogP contribution is 2.36. The van der Waals surface area contributed by atoms with Crippen molar-refractivity contribution in [3.8, 4) is 33.6 Å². The van der Waals surface area contributed by atoms with Gasteiger partial charge in [-0.25, -0.2) is 18.7 Å². The average Bonchev–Trinajstić information content (AvgIpc) is 3.62. The van der Waals surface area contributed by atoms with E-state index in [1.807, 2.05) is 32.2 Å². The fourth-order valence-corrected chi connectivity index (χ4v) is 5.37. The summed E-state index contributed by atoms with van der Waals surface area (Å²) in [6.45, 7) is 3.78. The number of thioether (sulfide) groups is 1. The summed E-state index contributed by atoms with van der Waals surface area (Å²) in [7, 11) is 0. The number of aromatic amines is 2. The molecule has 2 heterocycles. The molecule has 208 valence electrons. The van der Waals surface area contributed by atoms with E-state index >= 15 is 0 Å². The Labute approximate surface area is 237 Å². The summed E-state index contributed by atoms with van der Waals surface area (Å²) in [6.07, 6.45) is 5.56. The fraction of sp³-hybridized carbons (Fsp3) is 0.323. The van der Waals surface area contributed by atoms with Gasteiger partial charge in [0, 0.05) is 18.8 Å². The Hall–Kier alpha value is -3.72. The van der Waals surface area contributed by atoms with Crippen molar-refractivity contribution in [1.29, 1.82) is 0 Å². The van der Waals surface area contributed by atoms with Crippen LogP contribution in [-0.4, -0.2) is 38.0 Å². The number of carbonyl (C=O) groups excluding carboxylic acids is 1. The third-order valence-electron chi connectivity index (χ3n) is 7.28. The van der Waals surface area contributed by atoms with Crippen molar-refractivity contribution in [2.45, 2.75) is 51.2 Å². The predicted molar refractivity (Wildman–Crippen MR) is 158 cm³/mol. The minimum atomic E-state index is -2.66. The van der Waals surface area contributed by atoms with Gasteiger partial charge in [-0.15, -0.1) is 0 Å². The second-order valence-electron chi connectivity index (χ2n) is 10.5. The van der Waals surface area contributed by atoms with Gasteiger partial charge >= 0.3 is 0 Å². The van der Waals surface area contributed by atoms with Crippen LogP contribution in [0.5, 0.6) is 0 Å². The number of halogens is 2. The molecule has 40 heavy (non-hydrogen) atoms. The van der Waals surface area contributed by atoms with Crippen molar-refractivity contribution in [3.05, 3.63) is 78.1 Å².